The van der Waals surface area contributed by atoms with Gasteiger partial charge in [-0.05, 0) is 50.8 Å². The molecule has 8 nitrogen and oxygen atoms in total. The highest BCUT2D eigenvalue weighted by atomic mass is 127. The fraction of sp³-hybridized carbons (Fsp3) is 0.591. The molecule has 0 radical (unpaired) electrons. The van der Waals surface area contributed by atoms with Crippen LogP contribution in [0.15, 0.2) is 29.3 Å². The Morgan fingerprint density at radius 3 is 2.58 bits per heavy atom. The van der Waals surface area contributed by atoms with E-state index in [1.165, 1.54) is 12.8 Å². The van der Waals surface area contributed by atoms with Gasteiger partial charge in [-0.15, -0.1) is 34.2 Å². The molecule has 1 aromatic heterocycles. The van der Waals surface area contributed by atoms with E-state index in [0.29, 0.717) is 25.2 Å². The van der Waals surface area contributed by atoms with Gasteiger partial charge in [0.15, 0.2) is 11.8 Å². The van der Waals surface area contributed by atoms with Crippen molar-refractivity contribution in [3.63, 3.8) is 0 Å². The maximum Gasteiger partial charge on any atom is 0.192 e. The number of methoxy groups -OCH3 is 1. The number of aryl methyl sites for hydroxylation is 1. The van der Waals surface area contributed by atoms with Gasteiger partial charge in [0.05, 0.1) is 20.2 Å². The second-order valence-corrected chi connectivity index (χ2v) is 8.44. The normalized spacial score (nSPS) is 21.6. The van der Waals surface area contributed by atoms with Crippen molar-refractivity contribution in [1.29, 1.82) is 0 Å². The van der Waals surface area contributed by atoms with Crippen molar-refractivity contribution in [2.45, 2.75) is 64.3 Å². The number of guanidine groups is 1. The van der Waals surface area contributed by atoms with Gasteiger partial charge in [0, 0.05) is 31.7 Å². The van der Waals surface area contributed by atoms with Crippen molar-refractivity contribution in [2.75, 3.05) is 13.7 Å². The Morgan fingerprint density at radius 1 is 1.23 bits per heavy atom. The first-order chi connectivity index (χ1) is 14.5. The molecule has 1 saturated heterocycles. The van der Waals surface area contributed by atoms with Crippen molar-refractivity contribution in [3.8, 4) is 5.75 Å². The van der Waals surface area contributed by atoms with E-state index in [1.807, 2.05) is 30.7 Å². The van der Waals surface area contributed by atoms with Crippen LogP contribution in [-0.4, -0.2) is 57.4 Å². The average molecular weight is 539 g/mol. The Hall–Kier alpha value is -1.88. The summed E-state index contributed by atoms with van der Waals surface area (Å²) >= 11 is 0. The summed E-state index contributed by atoms with van der Waals surface area (Å²) in [6, 6.07) is 9.88. The van der Waals surface area contributed by atoms with Crippen molar-refractivity contribution < 1.29 is 4.74 Å². The van der Waals surface area contributed by atoms with Gasteiger partial charge < -0.3 is 19.9 Å². The predicted octanol–water partition coefficient (Wildman–Crippen LogP) is 2.61. The monoisotopic (exact) mass is 539 g/mol. The predicted molar refractivity (Wildman–Crippen MR) is 133 cm³/mol. The molecule has 0 amide bonds. The third-order valence-corrected chi connectivity index (χ3v) is 6.16. The Kier molecular flexibility index (Phi) is 8.15. The molecule has 2 atom stereocenters. The molecule has 1 aliphatic heterocycles. The van der Waals surface area contributed by atoms with Crippen LogP contribution in [-0.2, 0) is 20.1 Å². The van der Waals surface area contributed by atoms with Crippen LogP contribution in [0.5, 0.6) is 5.75 Å². The molecular formula is C22H34IN7O. The highest BCUT2D eigenvalue weighted by molar-refractivity contribution is 14.0. The summed E-state index contributed by atoms with van der Waals surface area (Å²) < 4.78 is 7.25. The van der Waals surface area contributed by atoms with Crippen LogP contribution in [0.2, 0.25) is 0 Å². The molecule has 0 bridgehead atoms. The summed E-state index contributed by atoms with van der Waals surface area (Å²) in [5.74, 6) is 3.48. The van der Waals surface area contributed by atoms with Crippen molar-refractivity contribution >= 4 is 29.9 Å². The number of likely N-dealkylation sites (tertiary alicyclic amines) is 1. The van der Waals surface area contributed by atoms with Gasteiger partial charge in [-0.1, -0.05) is 12.1 Å². The lowest BCUT2D eigenvalue weighted by atomic mass is 10.2. The number of hydrogen-bond acceptors (Lipinski definition) is 5. The topological polar surface area (TPSA) is 79.6 Å². The number of ether oxygens (including phenoxy) is 1. The smallest absolute Gasteiger partial charge is 0.192 e. The minimum Gasteiger partial charge on any atom is -0.497 e. The maximum absolute atomic E-state index is 5.25. The molecular weight excluding hydrogens is 505 g/mol. The van der Waals surface area contributed by atoms with Gasteiger partial charge in [-0.2, -0.15) is 0 Å². The van der Waals surface area contributed by atoms with E-state index in [1.54, 1.807) is 7.11 Å². The van der Waals surface area contributed by atoms with Crippen molar-refractivity contribution in [2.24, 2.45) is 12.0 Å². The van der Waals surface area contributed by atoms with Gasteiger partial charge >= 0.3 is 0 Å². The Balaban J connectivity index is 0.00000272. The van der Waals surface area contributed by atoms with Gasteiger partial charge in [0.25, 0.3) is 0 Å². The minimum absolute atomic E-state index is 0. The molecule has 9 heteroatoms. The zero-order valence-electron chi connectivity index (χ0n) is 18.8. The molecule has 1 saturated carbocycles. The van der Waals surface area contributed by atoms with Crippen LogP contribution in [0.3, 0.4) is 0 Å². The molecule has 0 spiro atoms. The van der Waals surface area contributed by atoms with Crippen molar-refractivity contribution in [1.82, 2.24) is 30.3 Å². The molecule has 2 heterocycles. The number of halogens is 1. The molecule has 4 rings (SSSR count). The first-order valence-corrected chi connectivity index (χ1v) is 10.8. The Morgan fingerprint density at radius 2 is 1.97 bits per heavy atom. The Labute approximate surface area is 201 Å². The largest absolute Gasteiger partial charge is 0.497 e. The molecule has 1 aromatic carbocycles. The summed E-state index contributed by atoms with van der Waals surface area (Å²) in [5.41, 5.74) is 1.14. The molecule has 2 aliphatic rings. The van der Waals surface area contributed by atoms with Gasteiger partial charge in [-0.3, -0.25) is 4.90 Å². The molecule has 170 valence electrons. The lowest BCUT2D eigenvalue weighted by Crippen LogP contribution is -2.44. The van der Waals surface area contributed by atoms with Crippen LogP contribution >= 0.6 is 24.0 Å². The number of rotatable bonds is 7. The molecule has 1 aliphatic carbocycles. The number of hydrogen-bond donors (Lipinski definition) is 2. The van der Waals surface area contributed by atoms with Crippen LogP contribution in [0.1, 0.15) is 43.4 Å². The number of aliphatic imine (C=N–C) groups is 1. The fourth-order valence-electron chi connectivity index (χ4n) is 4.09. The summed E-state index contributed by atoms with van der Waals surface area (Å²) in [4.78, 5) is 7.50. The van der Waals surface area contributed by atoms with E-state index in [-0.39, 0.29) is 24.0 Å². The molecule has 31 heavy (non-hydrogen) atoms. The summed E-state index contributed by atoms with van der Waals surface area (Å²) in [5, 5.41) is 15.5. The number of nitrogens with zero attached hydrogens (tertiary/aromatic N) is 5. The summed E-state index contributed by atoms with van der Waals surface area (Å²) in [6.45, 7) is 6.56. The minimum atomic E-state index is 0. The van der Waals surface area contributed by atoms with E-state index in [0.717, 1.165) is 47.9 Å². The van der Waals surface area contributed by atoms with Crippen LogP contribution in [0.4, 0.5) is 0 Å². The van der Waals surface area contributed by atoms with E-state index in [2.05, 4.69) is 44.8 Å². The number of nitrogens with one attached hydrogen (secondary N) is 2. The third-order valence-electron chi connectivity index (χ3n) is 6.16. The van der Waals surface area contributed by atoms with Gasteiger partial charge in [-0.25, -0.2) is 4.99 Å². The first kappa shape index (κ1) is 23.8. The van der Waals surface area contributed by atoms with Crippen LogP contribution in [0.25, 0.3) is 0 Å². The van der Waals surface area contributed by atoms with Crippen LogP contribution < -0.4 is 15.4 Å². The fourth-order valence-corrected chi connectivity index (χ4v) is 4.09. The quantitative estimate of drug-likeness (QED) is 0.320. The molecule has 2 fully saturated rings. The standard InChI is InChI=1S/C22H33N7O.HI/c1-15-11-18(14-29(15)19-7-8-19)25-22(24-13-21-27-26-16(2)28(21)3)23-12-17-5-9-20(30-4)10-6-17;/h5-6,9-10,15,18-19H,7-8,11-14H2,1-4H3,(H2,23,24,25);1H. The van der Waals surface area contributed by atoms with E-state index in [9.17, 15) is 0 Å². The number of benzene rings is 1. The number of aromatic nitrogens is 3. The van der Waals surface area contributed by atoms with Gasteiger partial charge in [0.1, 0.15) is 11.6 Å². The van der Waals surface area contributed by atoms with E-state index >= 15 is 0 Å². The zero-order chi connectivity index (χ0) is 21.1. The molecule has 2 unspecified atom stereocenters. The SMILES string of the molecule is COc1ccc(CN=C(NCc2nnc(C)n2C)NC2CC(C)N(C3CC3)C2)cc1.I. The second kappa shape index (κ2) is 10.6. The molecule has 2 N–H and O–H groups in total. The first-order valence-electron chi connectivity index (χ1n) is 10.8. The second-order valence-electron chi connectivity index (χ2n) is 8.44. The average Bonchev–Trinajstić information content (AvgIpc) is 3.46. The van der Waals surface area contributed by atoms with Gasteiger partial charge in [0.2, 0.25) is 0 Å². The maximum atomic E-state index is 5.25. The highest BCUT2D eigenvalue weighted by Crippen LogP contribution is 2.33. The van der Waals surface area contributed by atoms with E-state index < -0.39 is 0 Å². The molecule has 2 aromatic rings. The lowest BCUT2D eigenvalue weighted by Gasteiger charge is -2.20. The van der Waals surface area contributed by atoms with E-state index in [4.69, 9.17) is 9.73 Å². The lowest BCUT2D eigenvalue weighted by molar-refractivity contribution is 0.256. The Bertz CT molecular complexity index is 878. The zero-order valence-corrected chi connectivity index (χ0v) is 21.2. The van der Waals surface area contributed by atoms with Crippen LogP contribution in [0, 0.1) is 6.92 Å². The van der Waals surface area contributed by atoms with Crippen molar-refractivity contribution in [3.05, 3.63) is 41.5 Å². The summed E-state index contributed by atoms with van der Waals surface area (Å²) in [6.07, 6.45) is 3.83. The third kappa shape index (κ3) is 6.09. The highest BCUT2D eigenvalue weighted by Gasteiger charge is 2.38. The summed E-state index contributed by atoms with van der Waals surface area (Å²) in [7, 11) is 3.67.